The molecule has 1 fully saturated rings. The summed E-state index contributed by atoms with van der Waals surface area (Å²) >= 11 is 0. The number of hydrogen-bond acceptors (Lipinski definition) is 4. The van der Waals surface area contributed by atoms with Crippen LogP contribution in [0, 0.1) is 5.92 Å². The number of hydrogen-bond donors (Lipinski definition) is 2. The molecular weight excluding hydrogens is 232 g/mol. The molecule has 14 heavy (non-hydrogen) atoms. The summed E-state index contributed by atoms with van der Waals surface area (Å²) in [7, 11) is -8.44. The molecule has 0 saturated heterocycles. The lowest BCUT2D eigenvalue weighted by atomic mass is 10.1. The monoisotopic (exact) mass is 244 g/mol. The Bertz CT molecular complexity index is 368. The summed E-state index contributed by atoms with van der Waals surface area (Å²) in [5.41, 5.74) is 0. The minimum atomic E-state index is -4.22. The van der Waals surface area contributed by atoms with Gasteiger partial charge in [0.05, 0.1) is 10.5 Å². The Morgan fingerprint density at radius 3 is 1.36 bits per heavy atom. The topological polar surface area (TPSA) is 109 Å². The Morgan fingerprint density at radius 2 is 1.21 bits per heavy atom. The van der Waals surface area contributed by atoms with Gasteiger partial charge in [0.15, 0.2) is 0 Å². The smallest absolute Gasteiger partial charge is 0.268 e. The molecule has 0 amide bonds. The molecule has 1 saturated carbocycles. The van der Waals surface area contributed by atoms with Crippen LogP contribution >= 0.6 is 0 Å². The first kappa shape index (κ1) is 11.9. The SMILES string of the molecule is CC1C(S(=O)(=O)O)CC[C@@H]1S(=O)(=O)O. The van der Waals surface area contributed by atoms with Crippen molar-refractivity contribution in [2.24, 2.45) is 5.92 Å². The van der Waals surface area contributed by atoms with E-state index >= 15 is 0 Å². The highest BCUT2D eigenvalue weighted by atomic mass is 32.2. The average molecular weight is 244 g/mol. The Balaban J connectivity index is 2.96. The van der Waals surface area contributed by atoms with Gasteiger partial charge in [0, 0.05) is 0 Å². The zero-order valence-electron chi connectivity index (χ0n) is 7.49. The van der Waals surface area contributed by atoms with Crippen LogP contribution in [0.3, 0.4) is 0 Å². The van der Waals surface area contributed by atoms with Crippen LogP contribution in [-0.2, 0) is 20.2 Å². The Hall–Kier alpha value is -0.180. The van der Waals surface area contributed by atoms with E-state index in [2.05, 4.69) is 0 Å². The van der Waals surface area contributed by atoms with Crippen molar-refractivity contribution in [3.05, 3.63) is 0 Å². The lowest BCUT2D eigenvalue weighted by molar-refractivity contribution is 0.434. The van der Waals surface area contributed by atoms with Gasteiger partial charge in [0.2, 0.25) is 0 Å². The van der Waals surface area contributed by atoms with Crippen molar-refractivity contribution in [1.29, 1.82) is 0 Å². The fraction of sp³-hybridized carbons (Fsp3) is 1.00. The molecule has 0 radical (unpaired) electrons. The van der Waals surface area contributed by atoms with Crippen molar-refractivity contribution < 1.29 is 25.9 Å². The molecule has 0 aliphatic heterocycles. The fourth-order valence-electron chi connectivity index (χ4n) is 1.93. The van der Waals surface area contributed by atoms with Gasteiger partial charge in [0.25, 0.3) is 20.2 Å². The first-order chi connectivity index (χ1) is 6.14. The van der Waals surface area contributed by atoms with E-state index in [0.717, 1.165) is 0 Å². The van der Waals surface area contributed by atoms with E-state index in [4.69, 9.17) is 9.11 Å². The summed E-state index contributed by atoms with van der Waals surface area (Å²) in [6.45, 7) is 1.39. The maximum Gasteiger partial charge on any atom is 0.268 e. The van der Waals surface area contributed by atoms with Crippen molar-refractivity contribution >= 4 is 20.2 Å². The summed E-state index contributed by atoms with van der Waals surface area (Å²) < 4.78 is 60.7. The van der Waals surface area contributed by atoms with Crippen molar-refractivity contribution in [2.45, 2.75) is 30.3 Å². The Kier molecular flexibility index (Phi) is 2.92. The standard InChI is InChI=1S/C6H12O6S2/c1-4-5(13(7,8)9)2-3-6(4)14(10,11)12/h4-6H,2-3H2,1H3,(H,7,8,9)(H,10,11,12)/t4?,5-,6?/m0/s1. The number of rotatable bonds is 2. The molecule has 84 valence electrons. The predicted molar refractivity (Wildman–Crippen MR) is 49.1 cm³/mol. The third-order valence-electron chi connectivity index (χ3n) is 2.67. The van der Waals surface area contributed by atoms with Crippen molar-refractivity contribution in [3.63, 3.8) is 0 Å². The third-order valence-corrected chi connectivity index (χ3v) is 5.53. The van der Waals surface area contributed by atoms with E-state index in [1.807, 2.05) is 0 Å². The predicted octanol–water partition coefficient (Wildman–Crippen LogP) is -0.0709. The van der Waals surface area contributed by atoms with E-state index in [9.17, 15) is 16.8 Å². The van der Waals surface area contributed by atoms with Crippen LogP contribution in [0.4, 0.5) is 0 Å². The second kappa shape index (κ2) is 3.44. The molecule has 0 bridgehead atoms. The first-order valence-corrected chi connectivity index (χ1v) is 7.07. The molecule has 0 aromatic heterocycles. The molecule has 6 nitrogen and oxygen atoms in total. The summed E-state index contributed by atoms with van der Waals surface area (Å²) in [4.78, 5) is 0. The molecule has 1 rings (SSSR count). The van der Waals surface area contributed by atoms with Gasteiger partial charge in [-0.25, -0.2) is 0 Å². The van der Waals surface area contributed by atoms with Crippen molar-refractivity contribution in [1.82, 2.24) is 0 Å². The van der Waals surface area contributed by atoms with E-state index in [1.54, 1.807) is 0 Å². The van der Waals surface area contributed by atoms with Gasteiger partial charge in [0.1, 0.15) is 0 Å². The van der Waals surface area contributed by atoms with Gasteiger partial charge in [-0.3, -0.25) is 9.11 Å². The van der Waals surface area contributed by atoms with Crippen LogP contribution in [0.15, 0.2) is 0 Å². The van der Waals surface area contributed by atoms with Gasteiger partial charge in [-0.1, -0.05) is 6.92 Å². The molecule has 0 aromatic rings. The molecule has 8 heteroatoms. The first-order valence-electron chi connectivity index (χ1n) is 4.06. The highest BCUT2D eigenvalue weighted by Crippen LogP contribution is 2.34. The van der Waals surface area contributed by atoms with E-state index in [0.29, 0.717) is 0 Å². The summed E-state index contributed by atoms with van der Waals surface area (Å²) in [5.74, 6) is -0.778. The molecule has 1 aliphatic rings. The van der Waals surface area contributed by atoms with Crippen LogP contribution in [0.1, 0.15) is 19.8 Å². The zero-order chi connectivity index (χ0) is 11.1. The van der Waals surface area contributed by atoms with Crippen LogP contribution in [0.2, 0.25) is 0 Å². The van der Waals surface area contributed by atoms with Crippen LogP contribution < -0.4 is 0 Å². The van der Waals surface area contributed by atoms with Gasteiger partial charge in [-0.15, -0.1) is 0 Å². The van der Waals surface area contributed by atoms with Gasteiger partial charge in [-0.05, 0) is 18.8 Å². The fourth-order valence-corrected chi connectivity index (χ4v) is 4.37. The molecule has 3 atom stereocenters. The normalized spacial score (nSPS) is 34.6. The highest BCUT2D eigenvalue weighted by Gasteiger charge is 2.45. The molecular formula is C6H12O6S2. The second-order valence-corrected chi connectivity index (χ2v) is 6.81. The van der Waals surface area contributed by atoms with E-state index in [-0.39, 0.29) is 12.8 Å². The lowest BCUT2D eigenvalue weighted by Gasteiger charge is -2.15. The van der Waals surface area contributed by atoms with Gasteiger partial charge < -0.3 is 0 Å². The Labute approximate surface area is 82.8 Å². The Morgan fingerprint density at radius 1 is 0.929 bits per heavy atom. The highest BCUT2D eigenvalue weighted by molar-refractivity contribution is 7.87. The van der Waals surface area contributed by atoms with Crippen molar-refractivity contribution in [2.75, 3.05) is 0 Å². The molecule has 2 unspecified atom stereocenters. The maximum absolute atomic E-state index is 10.8. The minimum Gasteiger partial charge on any atom is -0.285 e. The average Bonchev–Trinajstić information content (AvgIpc) is 2.26. The molecule has 0 heterocycles. The minimum absolute atomic E-state index is 0.0600. The molecule has 0 aromatic carbocycles. The van der Waals surface area contributed by atoms with Crippen LogP contribution in [-0.4, -0.2) is 36.4 Å². The summed E-state index contributed by atoms with van der Waals surface area (Å²) in [6, 6.07) is 0. The van der Waals surface area contributed by atoms with Gasteiger partial charge in [-0.2, -0.15) is 16.8 Å². The molecule has 0 spiro atoms. The second-order valence-electron chi connectivity index (χ2n) is 3.54. The quantitative estimate of drug-likeness (QED) is 0.658. The van der Waals surface area contributed by atoms with E-state index < -0.39 is 36.7 Å². The maximum atomic E-state index is 10.8. The third kappa shape index (κ3) is 2.25. The zero-order valence-corrected chi connectivity index (χ0v) is 9.12. The molecule has 2 N–H and O–H groups in total. The van der Waals surface area contributed by atoms with Crippen LogP contribution in [0.25, 0.3) is 0 Å². The summed E-state index contributed by atoms with van der Waals surface area (Å²) in [5, 5.41) is -2.18. The van der Waals surface area contributed by atoms with Gasteiger partial charge >= 0.3 is 0 Å². The largest absolute Gasteiger partial charge is 0.285 e. The summed E-state index contributed by atoms with van der Waals surface area (Å²) in [6.07, 6.45) is 0.120. The molecule has 1 aliphatic carbocycles. The van der Waals surface area contributed by atoms with E-state index in [1.165, 1.54) is 6.92 Å². The van der Waals surface area contributed by atoms with Crippen LogP contribution in [0.5, 0.6) is 0 Å². The lowest BCUT2D eigenvalue weighted by Crippen LogP contribution is -2.31. The van der Waals surface area contributed by atoms with Crippen molar-refractivity contribution in [3.8, 4) is 0 Å².